The van der Waals surface area contributed by atoms with Crippen LogP contribution in [-0.4, -0.2) is 23.3 Å². The zero-order valence-electron chi connectivity index (χ0n) is 11.4. The van der Waals surface area contributed by atoms with Crippen LogP contribution >= 0.6 is 0 Å². The van der Waals surface area contributed by atoms with Crippen molar-refractivity contribution in [2.45, 2.75) is 57.0 Å². The van der Waals surface area contributed by atoms with Crippen LogP contribution in [0.25, 0.3) is 0 Å². The van der Waals surface area contributed by atoms with Crippen LogP contribution in [0.4, 0.5) is 0 Å². The standard InChI is InChI=1S/C16H25NO/c1-16(13-18,17-15-9-5-6-10-15)12-11-14-7-3-2-4-8-14/h2-4,7-8,15,17-18H,5-6,9-13H2,1H3. The number of hydrogen-bond acceptors (Lipinski definition) is 2. The number of nitrogens with one attached hydrogen (secondary N) is 1. The van der Waals surface area contributed by atoms with E-state index in [0.717, 1.165) is 12.8 Å². The largest absolute Gasteiger partial charge is 0.394 e. The Morgan fingerprint density at radius 2 is 1.89 bits per heavy atom. The maximum atomic E-state index is 9.66. The molecule has 100 valence electrons. The Bertz CT molecular complexity index is 345. The highest BCUT2D eigenvalue weighted by molar-refractivity contribution is 5.15. The number of benzene rings is 1. The van der Waals surface area contributed by atoms with E-state index in [-0.39, 0.29) is 12.1 Å². The minimum atomic E-state index is -0.134. The van der Waals surface area contributed by atoms with Crippen LogP contribution in [0.3, 0.4) is 0 Å². The summed E-state index contributed by atoms with van der Waals surface area (Å²) in [4.78, 5) is 0. The molecule has 0 radical (unpaired) electrons. The third kappa shape index (κ3) is 3.82. The fourth-order valence-corrected chi connectivity index (χ4v) is 2.82. The van der Waals surface area contributed by atoms with Gasteiger partial charge in [0.1, 0.15) is 0 Å². The molecule has 0 spiro atoms. The summed E-state index contributed by atoms with van der Waals surface area (Å²) < 4.78 is 0. The molecule has 2 heteroatoms. The quantitative estimate of drug-likeness (QED) is 0.810. The molecule has 1 fully saturated rings. The normalized spacial score (nSPS) is 19.9. The maximum absolute atomic E-state index is 9.66. The highest BCUT2D eigenvalue weighted by Crippen LogP contribution is 2.22. The average molecular weight is 247 g/mol. The van der Waals surface area contributed by atoms with E-state index in [1.807, 2.05) is 6.07 Å². The van der Waals surface area contributed by atoms with Crippen LogP contribution in [-0.2, 0) is 6.42 Å². The Labute approximate surface area is 110 Å². The molecule has 0 saturated heterocycles. The summed E-state index contributed by atoms with van der Waals surface area (Å²) in [6.07, 6.45) is 7.21. The first-order chi connectivity index (χ1) is 8.72. The summed E-state index contributed by atoms with van der Waals surface area (Å²) in [5, 5.41) is 13.3. The molecule has 0 bridgehead atoms. The third-order valence-electron chi connectivity index (χ3n) is 4.07. The lowest BCUT2D eigenvalue weighted by Gasteiger charge is -2.32. The molecule has 1 aromatic carbocycles. The van der Waals surface area contributed by atoms with Crippen molar-refractivity contribution in [2.75, 3.05) is 6.61 Å². The highest BCUT2D eigenvalue weighted by Gasteiger charge is 2.27. The molecular formula is C16H25NO. The summed E-state index contributed by atoms with van der Waals surface area (Å²) in [6.45, 7) is 2.37. The van der Waals surface area contributed by atoms with Crippen molar-refractivity contribution in [2.24, 2.45) is 0 Å². The summed E-state index contributed by atoms with van der Waals surface area (Å²) in [5.74, 6) is 0. The molecule has 2 rings (SSSR count). The first-order valence-corrected chi connectivity index (χ1v) is 7.14. The molecule has 0 aromatic heterocycles. The van der Waals surface area contributed by atoms with E-state index in [0.29, 0.717) is 6.04 Å². The zero-order chi connectivity index (χ0) is 12.8. The molecule has 2 nitrogen and oxygen atoms in total. The Hall–Kier alpha value is -0.860. The summed E-state index contributed by atoms with van der Waals surface area (Å²) in [5.41, 5.74) is 1.22. The predicted molar refractivity (Wildman–Crippen MR) is 75.6 cm³/mol. The van der Waals surface area contributed by atoms with Gasteiger partial charge in [0.05, 0.1) is 6.61 Å². The van der Waals surface area contributed by atoms with Gasteiger partial charge in [-0.05, 0) is 38.2 Å². The first-order valence-electron chi connectivity index (χ1n) is 7.14. The molecule has 1 saturated carbocycles. The van der Waals surface area contributed by atoms with Gasteiger partial charge in [0.25, 0.3) is 0 Å². The minimum Gasteiger partial charge on any atom is -0.394 e. The van der Waals surface area contributed by atoms with Gasteiger partial charge in [0, 0.05) is 11.6 Å². The lowest BCUT2D eigenvalue weighted by molar-refractivity contribution is 0.153. The minimum absolute atomic E-state index is 0.134. The van der Waals surface area contributed by atoms with Crippen LogP contribution < -0.4 is 5.32 Å². The van der Waals surface area contributed by atoms with E-state index in [1.165, 1.54) is 31.2 Å². The van der Waals surface area contributed by atoms with E-state index < -0.39 is 0 Å². The van der Waals surface area contributed by atoms with Crippen LogP contribution in [0.15, 0.2) is 30.3 Å². The molecule has 1 aliphatic carbocycles. The van der Waals surface area contributed by atoms with Crippen LogP contribution in [0.2, 0.25) is 0 Å². The van der Waals surface area contributed by atoms with E-state index in [4.69, 9.17) is 0 Å². The van der Waals surface area contributed by atoms with Crippen LogP contribution in [0.1, 0.15) is 44.6 Å². The number of aliphatic hydroxyl groups is 1. The molecular weight excluding hydrogens is 222 g/mol. The third-order valence-corrected chi connectivity index (χ3v) is 4.07. The first kappa shape index (κ1) is 13.6. The van der Waals surface area contributed by atoms with Crippen molar-refractivity contribution in [3.05, 3.63) is 35.9 Å². The van der Waals surface area contributed by atoms with Crippen molar-refractivity contribution in [3.63, 3.8) is 0 Å². The topological polar surface area (TPSA) is 32.3 Å². The van der Waals surface area contributed by atoms with Gasteiger partial charge in [0.15, 0.2) is 0 Å². The summed E-state index contributed by atoms with van der Waals surface area (Å²) >= 11 is 0. The second-order valence-corrected chi connectivity index (χ2v) is 5.83. The predicted octanol–water partition coefficient (Wildman–Crippen LogP) is 2.90. The molecule has 1 aromatic rings. The monoisotopic (exact) mass is 247 g/mol. The van der Waals surface area contributed by atoms with Crippen molar-refractivity contribution < 1.29 is 5.11 Å². The molecule has 1 atom stereocenters. The molecule has 2 N–H and O–H groups in total. The molecule has 1 unspecified atom stereocenters. The molecule has 1 aliphatic rings. The van der Waals surface area contributed by atoms with Crippen molar-refractivity contribution in [1.82, 2.24) is 5.32 Å². The molecule has 0 aliphatic heterocycles. The molecule has 18 heavy (non-hydrogen) atoms. The van der Waals surface area contributed by atoms with Gasteiger partial charge in [-0.3, -0.25) is 0 Å². The fraction of sp³-hybridized carbons (Fsp3) is 0.625. The van der Waals surface area contributed by atoms with Gasteiger partial charge in [-0.2, -0.15) is 0 Å². The number of aliphatic hydroxyl groups excluding tert-OH is 1. The SMILES string of the molecule is CC(CO)(CCc1ccccc1)NC1CCCC1. The van der Waals surface area contributed by atoms with Crippen LogP contribution in [0, 0.1) is 0 Å². The fourth-order valence-electron chi connectivity index (χ4n) is 2.82. The lowest BCUT2D eigenvalue weighted by atomic mass is 9.92. The van der Waals surface area contributed by atoms with Gasteiger partial charge < -0.3 is 10.4 Å². The van der Waals surface area contributed by atoms with E-state index in [9.17, 15) is 5.11 Å². The Morgan fingerprint density at radius 1 is 1.22 bits per heavy atom. The van der Waals surface area contributed by atoms with E-state index in [1.54, 1.807) is 0 Å². The van der Waals surface area contributed by atoms with Gasteiger partial charge in [-0.1, -0.05) is 43.2 Å². The van der Waals surface area contributed by atoms with Gasteiger partial charge >= 0.3 is 0 Å². The Kier molecular flexibility index (Phi) is 4.79. The summed E-state index contributed by atoms with van der Waals surface area (Å²) in [7, 11) is 0. The van der Waals surface area contributed by atoms with Crippen molar-refractivity contribution in [1.29, 1.82) is 0 Å². The zero-order valence-corrected chi connectivity index (χ0v) is 11.4. The highest BCUT2D eigenvalue weighted by atomic mass is 16.3. The molecule has 0 amide bonds. The van der Waals surface area contributed by atoms with Gasteiger partial charge in [0.2, 0.25) is 0 Å². The lowest BCUT2D eigenvalue weighted by Crippen LogP contribution is -2.50. The summed E-state index contributed by atoms with van der Waals surface area (Å²) in [6, 6.07) is 11.1. The van der Waals surface area contributed by atoms with Crippen LogP contribution in [0.5, 0.6) is 0 Å². The smallest absolute Gasteiger partial charge is 0.0610 e. The van der Waals surface area contributed by atoms with Crippen molar-refractivity contribution in [3.8, 4) is 0 Å². The average Bonchev–Trinajstić information content (AvgIpc) is 2.90. The van der Waals surface area contributed by atoms with E-state index in [2.05, 4.69) is 36.5 Å². The second kappa shape index (κ2) is 6.35. The molecule has 0 heterocycles. The Morgan fingerprint density at radius 3 is 2.50 bits per heavy atom. The number of hydrogen-bond donors (Lipinski definition) is 2. The van der Waals surface area contributed by atoms with Gasteiger partial charge in [-0.25, -0.2) is 0 Å². The number of rotatable bonds is 6. The Balaban J connectivity index is 1.86. The maximum Gasteiger partial charge on any atom is 0.0610 e. The van der Waals surface area contributed by atoms with Gasteiger partial charge in [-0.15, -0.1) is 0 Å². The van der Waals surface area contributed by atoms with Crippen molar-refractivity contribution >= 4 is 0 Å². The second-order valence-electron chi connectivity index (χ2n) is 5.83. The number of aryl methyl sites for hydroxylation is 1. The van der Waals surface area contributed by atoms with E-state index >= 15 is 0 Å².